The maximum atomic E-state index is 12.1. The topological polar surface area (TPSA) is 75.4 Å². The highest BCUT2D eigenvalue weighted by molar-refractivity contribution is 7.87. The van der Waals surface area contributed by atoms with Crippen LogP contribution in [0.2, 0.25) is 0 Å². The van der Waals surface area contributed by atoms with E-state index < -0.39 is 15.7 Å². The van der Waals surface area contributed by atoms with E-state index in [0.717, 1.165) is 19.3 Å². The smallest absolute Gasteiger partial charge is 0.280 e. The van der Waals surface area contributed by atoms with E-state index in [4.69, 9.17) is 5.73 Å². The summed E-state index contributed by atoms with van der Waals surface area (Å²) in [5.74, 6) is 0. The van der Waals surface area contributed by atoms with Crippen LogP contribution in [0.1, 0.15) is 40.0 Å². The molecule has 0 unspecified atom stereocenters. The molecular weight excluding hydrogens is 226 g/mol. The zero-order chi connectivity index (χ0) is 12.4. The summed E-state index contributed by atoms with van der Waals surface area (Å²) in [6, 6.07) is 0.137. The zero-order valence-corrected chi connectivity index (χ0v) is 11.2. The maximum absolute atomic E-state index is 12.1. The highest BCUT2D eigenvalue weighted by Gasteiger charge is 2.37. The summed E-state index contributed by atoms with van der Waals surface area (Å²) >= 11 is 0. The summed E-state index contributed by atoms with van der Waals surface area (Å²) in [5.41, 5.74) is 5.12. The molecule has 0 bridgehead atoms. The monoisotopic (exact) mass is 249 g/mol. The van der Waals surface area contributed by atoms with Gasteiger partial charge in [-0.1, -0.05) is 6.92 Å². The van der Waals surface area contributed by atoms with Crippen LogP contribution in [0.15, 0.2) is 0 Å². The maximum Gasteiger partial charge on any atom is 0.280 e. The van der Waals surface area contributed by atoms with Crippen LogP contribution in [-0.4, -0.2) is 37.4 Å². The van der Waals surface area contributed by atoms with Crippen molar-refractivity contribution in [3.8, 4) is 0 Å². The number of hydrogen-bond acceptors (Lipinski definition) is 3. The first-order valence-corrected chi connectivity index (χ1v) is 7.27. The number of nitrogens with two attached hydrogens (primary N) is 1. The summed E-state index contributed by atoms with van der Waals surface area (Å²) in [5, 5.41) is 0. The van der Waals surface area contributed by atoms with Crippen molar-refractivity contribution < 1.29 is 8.42 Å². The molecule has 0 amide bonds. The highest BCUT2D eigenvalue weighted by Crippen LogP contribution is 2.23. The molecule has 0 spiro atoms. The number of rotatable bonds is 7. The molecule has 0 aromatic carbocycles. The Bertz CT molecular complexity index is 323. The van der Waals surface area contributed by atoms with Crippen LogP contribution in [0.3, 0.4) is 0 Å². The first-order valence-electron chi connectivity index (χ1n) is 5.83. The zero-order valence-electron chi connectivity index (χ0n) is 10.4. The lowest BCUT2D eigenvalue weighted by Crippen LogP contribution is -2.56. The van der Waals surface area contributed by atoms with E-state index in [1.807, 2.05) is 20.8 Å². The van der Waals surface area contributed by atoms with Crippen molar-refractivity contribution in [2.24, 2.45) is 5.73 Å². The van der Waals surface area contributed by atoms with Gasteiger partial charge in [0.15, 0.2) is 0 Å². The van der Waals surface area contributed by atoms with E-state index in [0.29, 0.717) is 13.1 Å². The molecule has 0 aliphatic heterocycles. The fourth-order valence-corrected chi connectivity index (χ4v) is 3.46. The van der Waals surface area contributed by atoms with Crippen molar-refractivity contribution in [3.63, 3.8) is 0 Å². The first-order chi connectivity index (χ1) is 7.33. The third-order valence-electron chi connectivity index (χ3n) is 2.78. The Kier molecular flexibility index (Phi) is 4.34. The number of hydrogen-bond donors (Lipinski definition) is 2. The van der Waals surface area contributed by atoms with Gasteiger partial charge in [0.05, 0.1) is 0 Å². The molecule has 0 atom stereocenters. The van der Waals surface area contributed by atoms with E-state index >= 15 is 0 Å². The Morgan fingerprint density at radius 3 is 2.38 bits per heavy atom. The molecule has 6 heteroatoms. The molecule has 0 aromatic heterocycles. The minimum absolute atomic E-state index is 0.137. The number of nitrogens with one attached hydrogen (secondary N) is 1. The average molecular weight is 249 g/mol. The van der Waals surface area contributed by atoms with Crippen molar-refractivity contribution in [2.75, 3.05) is 13.1 Å². The van der Waals surface area contributed by atoms with Crippen LogP contribution in [0.4, 0.5) is 0 Å². The molecule has 0 aromatic rings. The summed E-state index contributed by atoms with van der Waals surface area (Å²) < 4.78 is 28.5. The summed E-state index contributed by atoms with van der Waals surface area (Å²) in [6.45, 7) is 6.50. The Morgan fingerprint density at radius 2 is 2.00 bits per heavy atom. The Morgan fingerprint density at radius 1 is 1.44 bits per heavy atom. The van der Waals surface area contributed by atoms with Gasteiger partial charge < -0.3 is 5.73 Å². The molecule has 96 valence electrons. The van der Waals surface area contributed by atoms with Gasteiger partial charge >= 0.3 is 0 Å². The van der Waals surface area contributed by atoms with Crippen LogP contribution < -0.4 is 10.5 Å². The van der Waals surface area contributed by atoms with Crippen molar-refractivity contribution in [2.45, 2.75) is 51.6 Å². The van der Waals surface area contributed by atoms with Crippen molar-refractivity contribution in [1.29, 1.82) is 0 Å². The van der Waals surface area contributed by atoms with Gasteiger partial charge in [0.1, 0.15) is 0 Å². The molecule has 1 saturated carbocycles. The molecule has 0 heterocycles. The molecule has 3 N–H and O–H groups in total. The molecule has 1 aliphatic carbocycles. The molecule has 0 saturated heterocycles. The van der Waals surface area contributed by atoms with Gasteiger partial charge in [-0.25, -0.2) is 0 Å². The molecule has 1 aliphatic rings. The largest absolute Gasteiger partial charge is 0.329 e. The Labute approximate surface area is 98.6 Å². The second-order valence-corrected chi connectivity index (χ2v) is 6.61. The lowest BCUT2D eigenvalue weighted by atomic mass is 10.1. The highest BCUT2D eigenvalue weighted by atomic mass is 32.2. The van der Waals surface area contributed by atoms with Gasteiger partial charge in [-0.2, -0.15) is 17.4 Å². The quantitative estimate of drug-likeness (QED) is 0.687. The minimum Gasteiger partial charge on any atom is -0.329 e. The van der Waals surface area contributed by atoms with Crippen molar-refractivity contribution in [3.05, 3.63) is 0 Å². The van der Waals surface area contributed by atoms with E-state index in [9.17, 15) is 8.42 Å². The number of nitrogens with zero attached hydrogens (tertiary/aromatic N) is 1. The molecular formula is C10H23N3O2S. The van der Waals surface area contributed by atoms with Gasteiger partial charge in [-0.15, -0.1) is 0 Å². The minimum atomic E-state index is -3.39. The molecule has 5 nitrogen and oxygen atoms in total. The van der Waals surface area contributed by atoms with E-state index in [1.54, 1.807) is 0 Å². The van der Waals surface area contributed by atoms with E-state index in [2.05, 4.69) is 4.72 Å². The lowest BCUT2D eigenvalue weighted by molar-refractivity contribution is 0.232. The fraction of sp³-hybridized carbons (Fsp3) is 1.00. The molecule has 1 fully saturated rings. The predicted molar refractivity (Wildman–Crippen MR) is 65.2 cm³/mol. The summed E-state index contributed by atoms with van der Waals surface area (Å²) in [4.78, 5) is 0. The van der Waals surface area contributed by atoms with Gasteiger partial charge in [-0.3, -0.25) is 0 Å². The van der Waals surface area contributed by atoms with Gasteiger partial charge in [-0.05, 0) is 33.1 Å². The standard InChI is InChI=1S/C10H23N3O2S/c1-4-7-13(10(2,3)8-11)16(14,15)12-9-5-6-9/h9,12H,4-8,11H2,1-3H3. The van der Waals surface area contributed by atoms with E-state index in [1.165, 1.54) is 4.31 Å². The molecule has 16 heavy (non-hydrogen) atoms. The van der Waals surface area contributed by atoms with Crippen LogP contribution in [0.25, 0.3) is 0 Å². The first kappa shape index (κ1) is 13.9. The third kappa shape index (κ3) is 3.41. The Hall–Kier alpha value is -0.170. The van der Waals surface area contributed by atoms with Crippen LogP contribution in [-0.2, 0) is 10.2 Å². The Balaban J connectivity index is 2.82. The summed E-state index contributed by atoms with van der Waals surface area (Å²) in [6.07, 6.45) is 2.68. The van der Waals surface area contributed by atoms with Crippen LogP contribution in [0, 0.1) is 0 Å². The van der Waals surface area contributed by atoms with Crippen molar-refractivity contribution in [1.82, 2.24) is 9.03 Å². The van der Waals surface area contributed by atoms with Crippen LogP contribution >= 0.6 is 0 Å². The third-order valence-corrected chi connectivity index (χ3v) is 4.67. The van der Waals surface area contributed by atoms with Gasteiger partial charge in [0, 0.05) is 24.7 Å². The normalized spacial score (nSPS) is 18.1. The lowest BCUT2D eigenvalue weighted by Gasteiger charge is -2.36. The SMILES string of the molecule is CCCN(C(C)(C)CN)S(=O)(=O)NC1CC1. The van der Waals surface area contributed by atoms with Crippen molar-refractivity contribution >= 4 is 10.2 Å². The fourth-order valence-electron chi connectivity index (χ4n) is 1.53. The van der Waals surface area contributed by atoms with Crippen LogP contribution in [0.5, 0.6) is 0 Å². The summed E-state index contributed by atoms with van der Waals surface area (Å²) in [7, 11) is -3.39. The average Bonchev–Trinajstić information content (AvgIpc) is 2.96. The van der Waals surface area contributed by atoms with Gasteiger partial charge in [0.2, 0.25) is 0 Å². The molecule has 1 rings (SSSR count). The van der Waals surface area contributed by atoms with Gasteiger partial charge in [0.25, 0.3) is 10.2 Å². The predicted octanol–water partition coefficient (Wildman–Crippen LogP) is 0.433. The molecule has 0 radical (unpaired) electrons. The second kappa shape index (κ2) is 5.00. The van der Waals surface area contributed by atoms with E-state index in [-0.39, 0.29) is 6.04 Å². The second-order valence-electron chi connectivity index (χ2n) is 4.99.